The van der Waals surface area contributed by atoms with Crippen molar-refractivity contribution in [2.75, 3.05) is 0 Å². The lowest BCUT2D eigenvalue weighted by molar-refractivity contribution is -0.385. The Balaban J connectivity index is 3.28. The number of nitro groups is 1. The second-order valence-electron chi connectivity index (χ2n) is 2.36. The molecule has 0 spiro atoms. The van der Waals surface area contributed by atoms with Crippen LogP contribution >= 0.6 is 38.5 Å². The molecule has 0 saturated carbocycles. The van der Waals surface area contributed by atoms with E-state index in [1.54, 1.807) is 6.07 Å². The number of hydrogen-bond donors (Lipinski definition) is 1. The van der Waals surface area contributed by atoms with Crippen molar-refractivity contribution in [2.24, 2.45) is 5.73 Å². The molecule has 13 heavy (non-hydrogen) atoms. The smallest absolute Gasteiger partial charge is 0.283 e. The van der Waals surface area contributed by atoms with E-state index in [-0.39, 0.29) is 5.69 Å². The summed E-state index contributed by atoms with van der Waals surface area (Å²) < 4.78 is 1.29. The van der Waals surface area contributed by atoms with E-state index in [0.29, 0.717) is 14.6 Å². The molecule has 6 heteroatoms. The van der Waals surface area contributed by atoms with Crippen LogP contribution < -0.4 is 5.73 Å². The van der Waals surface area contributed by atoms with Crippen molar-refractivity contribution < 1.29 is 4.92 Å². The van der Waals surface area contributed by atoms with Crippen LogP contribution in [0.2, 0.25) is 0 Å². The summed E-state index contributed by atoms with van der Waals surface area (Å²) in [7, 11) is 0. The SMILES string of the molecule is NCc1cc(I)c([N+](=O)[O-])cc1Br. The molecule has 4 nitrogen and oxygen atoms in total. The molecule has 0 amide bonds. The van der Waals surface area contributed by atoms with Crippen LogP contribution in [-0.2, 0) is 6.54 Å². The van der Waals surface area contributed by atoms with E-state index >= 15 is 0 Å². The Bertz CT molecular complexity index is 357. The molecule has 0 unspecified atom stereocenters. The highest BCUT2D eigenvalue weighted by Crippen LogP contribution is 2.28. The van der Waals surface area contributed by atoms with E-state index in [1.165, 1.54) is 6.07 Å². The molecular formula is C7H6BrIN2O2. The fourth-order valence-electron chi connectivity index (χ4n) is 0.874. The summed E-state index contributed by atoms with van der Waals surface area (Å²) >= 11 is 5.15. The maximum absolute atomic E-state index is 10.5. The lowest BCUT2D eigenvalue weighted by Crippen LogP contribution is -2.00. The standard InChI is InChI=1S/C7H6BrIN2O2/c8-5-2-7(11(12)13)6(9)1-4(5)3-10/h1-2H,3,10H2. The highest BCUT2D eigenvalue weighted by atomic mass is 127. The summed E-state index contributed by atoms with van der Waals surface area (Å²) in [5.41, 5.74) is 6.41. The number of nitrogens with two attached hydrogens (primary N) is 1. The molecule has 0 radical (unpaired) electrons. The number of rotatable bonds is 2. The summed E-state index contributed by atoms with van der Waals surface area (Å²) in [5, 5.41) is 10.5. The summed E-state index contributed by atoms with van der Waals surface area (Å²) in [4.78, 5) is 10.1. The van der Waals surface area contributed by atoms with Gasteiger partial charge in [-0.05, 0) is 34.2 Å². The molecule has 0 aliphatic heterocycles. The second-order valence-corrected chi connectivity index (χ2v) is 4.37. The predicted molar refractivity (Wildman–Crippen MR) is 61.4 cm³/mol. The zero-order valence-electron chi connectivity index (χ0n) is 6.46. The zero-order valence-corrected chi connectivity index (χ0v) is 10.2. The molecule has 0 heterocycles. The minimum atomic E-state index is -0.410. The molecule has 0 atom stereocenters. The first-order chi connectivity index (χ1) is 6.06. The molecule has 2 N–H and O–H groups in total. The van der Waals surface area contributed by atoms with Crippen molar-refractivity contribution >= 4 is 44.2 Å². The van der Waals surface area contributed by atoms with Gasteiger partial charge in [0.05, 0.1) is 8.49 Å². The summed E-state index contributed by atoms with van der Waals surface area (Å²) in [6.07, 6.45) is 0. The Morgan fingerprint density at radius 1 is 1.62 bits per heavy atom. The Kier molecular flexibility index (Phi) is 3.63. The molecule has 0 fully saturated rings. The summed E-state index contributed by atoms with van der Waals surface area (Å²) in [6, 6.07) is 3.19. The van der Waals surface area contributed by atoms with E-state index in [2.05, 4.69) is 15.9 Å². The highest BCUT2D eigenvalue weighted by molar-refractivity contribution is 14.1. The van der Waals surface area contributed by atoms with Crippen LogP contribution in [0.5, 0.6) is 0 Å². The second kappa shape index (κ2) is 4.34. The number of nitro benzene ring substituents is 1. The molecule has 70 valence electrons. The molecule has 0 aromatic heterocycles. The van der Waals surface area contributed by atoms with Crippen LogP contribution in [0.3, 0.4) is 0 Å². The molecule has 1 rings (SSSR count). The summed E-state index contributed by atoms with van der Waals surface area (Å²) in [6.45, 7) is 0.370. The summed E-state index contributed by atoms with van der Waals surface area (Å²) in [5.74, 6) is 0. The van der Waals surface area contributed by atoms with Gasteiger partial charge in [0, 0.05) is 17.1 Å². The van der Waals surface area contributed by atoms with E-state index in [4.69, 9.17) is 5.73 Å². The predicted octanol–water partition coefficient (Wildman–Crippen LogP) is 2.42. The first-order valence-electron chi connectivity index (χ1n) is 3.38. The number of benzene rings is 1. The molecule has 0 bridgehead atoms. The van der Waals surface area contributed by atoms with Crippen LogP contribution in [0.1, 0.15) is 5.56 Å². The van der Waals surface area contributed by atoms with Crippen LogP contribution in [-0.4, -0.2) is 4.92 Å². The van der Waals surface area contributed by atoms with E-state index in [9.17, 15) is 10.1 Å². The molecule has 1 aromatic carbocycles. The number of nitrogens with zero attached hydrogens (tertiary/aromatic N) is 1. The third-order valence-electron chi connectivity index (χ3n) is 1.53. The normalized spacial score (nSPS) is 10.1. The Morgan fingerprint density at radius 3 is 2.69 bits per heavy atom. The van der Waals surface area contributed by atoms with E-state index < -0.39 is 4.92 Å². The quantitative estimate of drug-likeness (QED) is 0.502. The third-order valence-corrected chi connectivity index (χ3v) is 3.13. The van der Waals surface area contributed by atoms with Crippen molar-refractivity contribution in [1.82, 2.24) is 0 Å². The minimum absolute atomic E-state index is 0.102. The van der Waals surface area contributed by atoms with Gasteiger partial charge in [0.2, 0.25) is 0 Å². The molecule has 0 saturated heterocycles. The van der Waals surface area contributed by atoms with Crippen molar-refractivity contribution in [2.45, 2.75) is 6.54 Å². The first-order valence-corrected chi connectivity index (χ1v) is 5.25. The van der Waals surface area contributed by atoms with Crippen molar-refractivity contribution in [1.29, 1.82) is 0 Å². The lowest BCUT2D eigenvalue weighted by Gasteiger charge is -2.02. The third kappa shape index (κ3) is 2.38. The number of halogens is 2. The monoisotopic (exact) mass is 356 g/mol. The van der Waals surface area contributed by atoms with Crippen molar-refractivity contribution in [3.05, 3.63) is 35.9 Å². The fraction of sp³-hybridized carbons (Fsp3) is 0.143. The number of hydrogen-bond acceptors (Lipinski definition) is 3. The van der Waals surface area contributed by atoms with Gasteiger partial charge in [-0.1, -0.05) is 15.9 Å². The topological polar surface area (TPSA) is 69.2 Å². The van der Waals surface area contributed by atoms with Gasteiger partial charge in [-0.3, -0.25) is 10.1 Å². The zero-order chi connectivity index (χ0) is 10.0. The van der Waals surface area contributed by atoms with Gasteiger partial charge in [0.15, 0.2) is 0 Å². The van der Waals surface area contributed by atoms with Gasteiger partial charge in [0.25, 0.3) is 5.69 Å². The largest absolute Gasteiger partial charge is 0.326 e. The van der Waals surface area contributed by atoms with Crippen LogP contribution in [0.4, 0.5) is 5.69 Å². The molecular weight excluding hydrogens is 351 g/mol. The maximum atomic E-state index is 10.5. The Labute approximate surface area is 96.9 Å². The van der Waals surface area contributed by atoms with Crippen LogP contribution in [0.25, 0.3) is 0 Å². The van der Waals surface area contributed by atoms with Crippen LogP contribution in [0, 0.1) is 13.7 Å². The van der Waals surface area contributed by atoms with Gasteiger partial charge < -0.3 is 5.73 Å². The van der Waals surface area contributed by atoms with Gasteiger partial charge in [-0.25, -0.2) is 0 Å². The maximum Gasteiger partial charge on any atom is 0.283 e. The molecule has 0 aliphatic carbocycles. The van der Waals surface area contributed by atoms with Gasteiger partial charge in [0.1, 0.15) is 0 Å². The fourth-order valence-corrected chi connectivity index (χ4v) is 2.10. The minimum Gasteiger partial charge on any atom is -0.326 e. The average Bonchev–Trinajstić information content (AvgIpc) is 2.07. The molecule has 0 aliphatic rings. The first kappa shape index (κ1) is 10.9. The van der Waals surface area contributed by atoms with Gasteiger partial charge in [-0.15, -0.1) is 0 Å². The lowest BCUT2D eigenvalue weighted by atomic mass is 10.2. The Morgan fingerprint density at radius 2 is 2.23 bits per heavy atom. The van der Waals surface area contributed by atoms with Crippen molar-refractivity contribution in [3.8, 4) is 0 Å². The average molecular weight is 357 g/mol. The van der Waals surface area contributed by atoms with Crippen molar-refractivity contribution in [3.63, 3.8) is 0 Å². The molecule has 1 aromatic rings. The Hall–Kier alpha value is -0.210. The van der Waals surface area contributed by atoms with E-state index in [0.717, 1.165) is 5.56 Å². The highest BCUT2D eigenvalue weighted by Gasteiger charge is 2.14. The van der Waals surface area contributed by atoms with Gasteiger partial charge in [-0.2, -0.15) is 0 Å². The van der Waals surface area contributed by atoms with Crippen LogP contribution in [0.15, 0.2) is 16.6 Å². The van der Waals surface area contributed by atoms with Gasteiger partial charge >= 0.3 is 0 Å². The van der Waals surface area contributed by atoms with E-state index in [1.807, 2.05) is 22.6 Å².